The van der Waals surface area contributed by atoms with Crippen molar-refractivity contribution < 1.29 is 19.4 Å². The second-order valence-corrected chi connectivity index (χ2v) is 5.55. The van der Waals surface area contributed by atoms with Gasteiger partial charge in [0.15, 0.2) is 0 Å². The molecule has 1 atom stereocenters. The quantitative estimate of drug-likeness (QED) is 0.788. The topological polar surface area (TPSA) is 79.8 Å². The molecule has 0 radical (unpaired) electrons. The average Bonchev–Trinajstić information content (AvgIpc) is 3.07. The van der Waals surface area contributed by atoms with Gasteiger partial charge in [-0.15, -0.1) is 0 Å². The van der Waals surface area contributed by atoms with E-state index in [-0.39, 0.29) is 12.6 Å². The summed E-state index contributed by atoms with van der Waals surface area (Å²) in [6, 6.07) is 12.3. The van der Waals surface area contributed by atoms with Crippen molar-refractivity contribution in [2.24, 2.45) is 0 Å². The summed E-state index contributed by atoms with van der Waals surface area (Å²) >= 11 is 0. The van der Waals surface area contributed by atoms with Gasteiger partial charge in [0, 0.05) is 24.7 Å². The first kappa shape index (κ1) is 16.1. The van der Waals surface area contributed by atoms with Gasteiger partial charge in [0.05, 0.1) is 19.8 Å². The molecule has 1 aliphatic heterocycles. The van der Waals surface area contributed by atoms with Crippen LogP contribution in [0.4, 0.5) is 10.5 Å². The molecule has 6 nitrogen and oxygen atoms in total. The van der Waals surface area contributed by atoms with Crippen molar-refractivity contribution >= 4 is 11.7 Å². The summed E-state index contributed by atoms with van der Waals surface area (Å²) in [5, 5.41) is 15.6. The minimum Gasteiger partial charge on any atom is -0.497 e. The van der Waals surface area contributed by atoms with Gasteiger partial charge >= 0.3 is 6.03 Å². The number of urea groups is 1. The van der Waals surface area contributed by atoms with Gasteiger partial charge < -0.3 is 25.2 Å². The molecule has 3 rings (SSSR count). The monoisotopic (exact) mass is 328 g/mol. The highest BCUT2D eigenvalue weighted by Crippen LogP contribution is 2.28. The maximum Gasteiger partial charge on any atom is 0.319 e. The number of anilines is 1. The van der Waals surface area contributed by atoms with Crippen LogP contribution in [0.5, 0.6) is 11.5 Å². The Morgan fingerprint density at radius 3 is 3.04 bits per heavy atom. The first-order valence-corrected chi connectivity index (χ1v) is 7.78. The molecule has 3 N–H and O–H groups in total. The second-order valence-electron chi connectivity index (χ2n) is 5.55. The summed E-state index contributed by atoms with van der Waals surface area (Å²) in [5.74, 6) is 1.53. The number of carbonyl (C=O) groups is 1. The number of amides is 2. The molecule has 0 saturated heterocycles. The van der Waals surface area contributed by atoms with Crippen molar-refractivity contribution in [2.75, 3.05) is 25.6 Å². The fourth-order valence-electron chi connectivity index (χ4n) is 2.60. The van der Waals surface area contributed by atoms with Crippen LogP contribution in [-0.4, -0.2) is 31.4 Å². The average molecular weight is 328 g/mol. The van der Waals surface area contributed by atoms with Gasteiger partial charge in [0.1, 0.15) is 11.5 Å². The number of hydrogen-bond acceptors (Lipinski definition) is 4. The van der Waals surface area contributed by atoms with E-state index in [1.165, 1.54) is 0 Å². The molecule has 126 valence electrons. The van der Waals surface area contributed by atoms with Gasteiger partial charge in [0.25, 0.3) is 0 Å². The van der Waals surface area contributed by atoms with Crippen molar-refractivity contribution in [3.05, 3.63) is 53.6 Å². The molecule has 1 unspecified atom stereocenters. The van der Waals surface area contributed by atoms with E-state index >= 15 is 0 Å². The smallest absolute Gasteiger partial charge is 0.319 e. The molecular formula is C18H20N2O4. The van der Waals surface area contributed by atoms with Crippen LogP contribution in [0.2, 0.25) is 0 Å². The second kappa shape index (κ2) is 7.23. The number of hydrogen-bond donors (Lipinski definition) is 3. The van der Waals surface area contributed by atoms with Gasteiger partial charge in [-0.2, -0.15) is 0 Å². The van der Waals surface area contributed by atoms with Gasteiger partial charge in [0.2, 0.25) is 0 Å². The Balaban J connectivity index is 1.53. The number of fused-ring (bicyclic) bond motifs is 1. The SMILES string of the molecule is COc1cccc(NC(=O)NCC(O)c2ccc3c(c2)CCO3)c1. The van der Waals surface area contributed by atoms with Gasteiger partial charge in [-0.05, 0) is 35.4 Å². The fourth-order valence-corrected chi connectivity index (χ4v) is 2.60. The summed E-state index contributed by atoms with van der Waals surface area (Å²) in [5.41, 5.74) is 2.48. The number of methoxy groups -OCH3 is 1. The Bertz CT molecular complexity index is 733. The van der Waals surface area contributed by atoms with E-state index in [1.807, 2.05) is 18.2 Å². The van der Waals surface area contributed by atoms with Crippen LogP contribution in [0.3, 0.4) is 0 Å². The molecule has 0 saturated carbocycles. The van der Waals surface area contributed by atoms with E-state index < -0.39 is 6.10 Å². The summed E-state index contributed by atoms with van der Waals surface area (Å²) < 4.78 is 10.6. The summed E-state index contributed by atoms with van der Waals surface area (Å²) in [7, 11) is 1.57. The first-order valence-electron chi connectivity index (χ1n) is 7.78. The van der Waals surface area contributed by atoms with Crippen molar-refractivity contribution in [1.29, 1.82) is 0 Å². The number of aliphatic hydroxyl groups is 1. The van der Waals surface area contributed by atoms with Crippen LogP contribution in [0.25, 0.3) is 0 Å². The van der Waals surface area contributed by atoms with E-state index in [0.29, 0.717) is 18.0 Å². The fraction of sp³-hybridized carbons (Fsp3) is 0.278. The molecule has 1 aliphatic rings. The summed E-state index contributed by atoms with van der Waals surface area (Å²) in [6.07, 6.45) is 0.0755. The standard InChI is InChI=1S/C18H20N2O4/c1-23-15-4-2-3-14(10-15)20-18(22)19-11-16(21)12-5-6-17-13(9-12)7-8-24-17/h2-6,9-10,16,21H,7-8,11H2,1H3,(H2,19,20,22). The molecule has 0 bridgehead atoms. The normalized spacial score (nSPS) is 13.6. The third kappa shape index (κ3) is 3.78. The predicted octanol–water partition coefficient (Wildman–Crippen LogP) is 2.49. The molecule has 24 heavy (non-hydrogen) atoms. The minimum absolute atomic E-state index is 0.120. The Morgan fingerprint density at radius 1 is 1.33 bits per heavy atom. The number of ether oxygens (including phenoxy) is 2. The summed E-state index contributed by atoms with van der Waals surface area (Å²) in [6.45, 7) is 0.797. The lowest BCUT2D eigenvalue weighted by atomic mass is 10.0. The molecule has 0 aromatic heterocycles. The Kier molecular flexibility index (Phi) is 4.86. The first-order chi connectivity index (χ1) is 11.7. The zero-order chi connectivity index (χ0) is 16.9. The van der Waals surface area contributed by atoms with Gasteiger partial charge in [-0.1, -0.05) is 12.1 Å². The predicted molar refractivity (Wildman–Crippen MR) is 90.6 cm³/mol. The molecule has 0 spiro atoms. The lowest BCUT2D eigenvalue weighted by Crippen LogP contribution is -2.32. The highest BCUT2D eigenvalue weighted by Gasteiger charge is 2.16. The third-order valence-electron chi connectivity index (χ3n) is 3.88. The van der Waals surface area contributed by atoms with Crippen molar-refractivity contribution in [1.82, 2.24) is 5.32 Å². The van der Waals surface area contributed by atoms with Crippen molar-refractivity contribution in [3.63, 3.8) is 0 Å². The van der Waals surface area contributed by atoms with Crippen LogP contribution >= 0.6 is 0 Å². The lowest BCUT2D eigenvalue weighted by molar-refractivity contribution is 0.175. The molecule has 6 heteroatoms. The van der Waals surface area contributed by atoms with E-state index in [9.17, 15) is 9.90 Å². The van der Waals surface area contributed by atoms with Crippen LogP contribution in [0.15, 0.2) is 42.5 Å². The molecule has 1 heterocycles. The minimum atomic E-state index is -0.771. The lowest BCUT2D eigenvalue weighted by Gasteiger charge is -2.14. The molecule has 0 aliphatic carbocycles. The van der Waals surface area contributed by atoms with Crippen LogP contribution in [0, 0.1) is 0 Å². The highest BCUT2D eigenvalue weighted by atomic mass is 16.5. The zero-order valence-electron chi connectivity index (χ0n) is 13.4. The zero-order valence-corrected chi connectivity index (χ0v) is 13.4. The van der Waals surface area contributed by atoms with E-state index in [1.54, 1.807) is 31.4 Å². The maximum atomic E-state index is 11.9. The largest absolute Gasteiger partial charge is 0.497 e. The Hall–Kier alpha value is -2.73. The molecule has 2 aromatic carbocycles. The van der Waals surface area contributed by atoms with E-state index in [2.05, 4.69) is 10.6 Å². The number of nitrogens with one attached hydrogen (secondary N) is 2. The Labute approximate surface area is 140 Å². The van der Waals surface area contributed by atoms with E-state index in [4.69, 9.17) is 9.47 Å². The molecule has 2 amide bonds. The van der Waals surface area contributed by atoms with Gasteiger partial charge in [-0.25, -0.2) is 4.79 Å². The van der Waals surface area contributed by atoms with Crippen molar-refractivity contribution in [2.45, 2.75) is 12.5 Å². The number of aliphatic hydroxyl groups excluding tert-OH is 1. The van der Waals surface area contributed by atoms with E-state index in [0.717, 1.165) is 23.3 Å². The highest BCUT2D eigenvalue weighted by molar-refractivity contribution is 5.89. The van der Waals surface area contributed by atoms with Crippen molar-refractivity contribution in [3.8, 4) is 11.5 Å². The molecular weight excluding hydrogens is 308 g/mol. The third-order valence-corrected chi connectivity index (χ3v) is 3.88. The number of carbonyl (C=O) groups excluding carboxylic acids is 1. The number of benzene rings is 2. The van der Waals surface area contributed by atoms with Crippen LogP contribution in [0.1, 0.15) is 17.2 Å². The number of rotatable bonds is 5. The van der Waals surface area contributed by atoms with Crippen LogP contribution in [-0.2, 0) is 6.42 Å². The maximum absolute atomic E-state index is 11.9. The molecule has 2 aromatic rings. The molecule has 0 fully saturated rings. The summed E-state index contributed by atoms with van der Waals surface area (Å²) in [4.78, 5) is 11.9. The Morgan fingerprint density at radius 2 is 2.21 bits per heavy atom. The van der Waals surface area contributed by atoms with Gasteiger partial charge in [-0.3, -0.25) is 0 Å². The van der Waals surface area contributed by atoms with Crippen LogP contribution < -0.4 is 20.1 Å².